The third-order valence-corrected chi connectivity index (χ3v) is 3.44. The van der Waals surface area contributed by atoms with Crippen molar-refractivity contribution < 1.29 is 26.8 Å². The molecule has 2 rings (SSSR count). The average Bonchev–Trinajstić information content (AvgIpc) is 2.58. The van der Waals surface area contributed by atoms with Crippen molar-refractivity contribution in [2.75, 3.05) is 14.1 Å². The van der Waals surface area contributed by atoms with Gasteiger partial charge in [0.1, 0.15) is 6.61 Å². The molecular weight excluding hydrogens is 367 g/mol. The summed E-state index contributed by atoms with van der Waals surface area (Å²) in [6.45, 7) is -0.934. The van der Waals surface area contributed by atoms with Gasteiger partial charge in [0, 0.05) is 24.7 Å². The summed E-state index contributed by atoms with van der Waals surface area (Å²) in [5.74, 6) is -9.94. The molecule has 0 aliphatic carbocycles. The summed E-state index contributed by atoms with van der Waals surface area (Å²) in [6.07, 6.45) is 0. The highest BCUT2D eigenvalue weighted by molar-refractivity contribution is 6.30. The van der Waals surface area contributed by atoms with Crippen LogP contribution in [0, 0.1) is 29.1 Å². The van der Waals surface area contributed by atoms with E-state index in [0.29, 0.717) is 10.6 Å². The van der Waals surface area contributed by atoms with E-state index in [2.05, 4.69) is 5.16 Å². The molecule has 2 aromatic carbocycles. The molecular formula is C16H12ClF5N2O. The van der Waals surface area contributed by atoms with E-state index in [0.717, 1.165) is 0 Å². The molecule has 0 amide bonds. The van der Waals surface area contributed by atoms with Gasteiger partial charge in [-0.15, -0.1) is 0 Å². The van der Waals surface area contributed by atoms with Crippen LogP contribution in [-0.4, -0.2) is 24.8 Å². The highest BCUT2D eigenvalue weighted by atomic mass is 35.5. The smallest absolute Gasteiger partial charge is 0.200 e. The lowest BCUT2D eigenvalue weighted by molar-refractivity contribution is 0.120. The summed E-state index contributed by atoms with van der Waals surface area (Å²) in [5.41, 5.74) is -0.527. The number of amidine groups is 1. The molecule has 9 heteroatoms. The van der Waals surface area contributed by atoms with E-state index in [-0.39, 0.29) is 5.84 Å². The fourth-order valence-corrected chi connectivity index (χ4v) is 2.05. The molecule has 0 aliphatic rings. The zero-order chi connectivity index (χ0) is 18.7. The van der Waals surface area contributed by atoms with Gasteiger partial charge >= 0.3 is 0 Å². The van der Waals surface area contributed by atoms with Gasteiger partial charge in [0.15, 0.2) is 29.1 Å². The highest BCUT2D eigenvalue weighted by Gasteiger charge is 2.26. The van der Waals surface area contributed by atoms with Gasteiger partial charge in [-0.3, -0.25) is 0 Å². The van der Waals surface area contributed by atoms with Crippen molar-refractivity contribution in [3.8, 4) is 0 Å². The Hall–Kier alpha value is -2.35. The zero-order valence-corrected chi connectivity index (χ0v) is 13.8. The van der Waals surface area contributed by atoms with Crippen molar-refractivity contribution in [2.45, 2.75) is 6.61 Å². The van der Waals surface area contributed by atoms with E-state index in [1.54, 1.807) is 43.3 Å². The van der Waals surface area contributed by atoms with Gasteiger partial charge in [-0.2, -0.15) is 0 Å². The Bertz CT molecular complexity index is 780. The Morgan fingerprint density at radius 1 is 0.920 bits per heavy atom. The van der Waals surface area contributed by atoms with Crippen molar-refractivity contribution in [1.82, 2.24) is 4.90 Å². The normalized spacial score (nSPS) is 11.6. The van der Waals surface area contributed by atoms with Gasteiger partial charge in [0.2, 0.25) is 5.82 Å². The Balaban J connectivity index is 2.28. The summed E-state index contributed by atoms with van der Waals surface area (Å²) in [7, 11) is 3.27. The van der Waals surface area contributed by atoms with Crippen LogP contribution in [0.5, 0.6) is 0 Å². The Kier molecular flexibility index (Phi) is 5.84. The van der Waals surface area contributed by atoms with Crippen LogP contribution in [0.4, 0.5) is 22.0 Å². The van der Waals surface area contributed by atoms with Crippen LogP contribution < -0.4 is 0 Å². The lowest BCUT2D eigenvalue weighted by Crippen LogP contribution is -2.23. The third-order valence-electron chi connectivity index (χ3n) is 3.19. The molecule has 0 bridgehead atoms. The summed E-state index contributed by atoms with van der Waals surface area (Å²) >= 11 is 5.79. The van der Waals surface area contributed by atoms with Gasteiger partial charge in [-0.1, -0.05) is 16.8 Å². The maximum atomic E-state index is 13.6. The highest BCUT2D eigenvalue weighted by Crippen LogP contribution is 2.23. The second kappa shape index (κ2) is 7.69. The quantitative estimate of drug-likeness (QED) is 0.196. The number of hydrogen-bond acceptors (Lipinski definition) is 2. The first kappa shape index (κ1) is 19.0. The van der Waals surface area contributed by atoms with E-state index in [9.17, 15) is 22.0 Å². The zero-order valence-electron chi connectivity index (χ0n) is 13.1. The Morgan fingerprint density at radius 2 is 1.40 bits per heavy atom. The minimum Gasteiger partial charge on any atom is -0.389 e. The predicted octanol–water partition coefficient (Wildman–Crippen LogP) is 4.48. The molecule has 0 fully saturated rings. The van der Waals surface area contributed by atoms with Crippen LogP contribution in [0.3, 0.4) is 0 Å². The van der Waals surface area contributed by atoms with Crippen LogP contribution in [0.15, 0.2) is 29.4 Å². The predicted molar refractivity (Wildman–Crippen MR) is 82.7 cm³/mol. The standard InChI is InChI=1S/C16H12ClF5N2O/c1-24(2)16(8-3-5-9(17)6-4-8)23-25-7-10-11(18)13(20)15(22)14(21)12(10)19/h3-6H,7H2,1-2H3/b23-16-. The van der Waals surface area contributed by atoms with Crippen molar-refractivity contribution in [2.24, 2.45) is 5.16 Å². The minimum atomic E-state index is -2.22. The number of halogens is 6. The fourth-order valence-electron chi connectivity index (χ4n) is 1.93. The second-order valence-electron chi connectivity index (χ2n) is 5.14. The molecule has 0 spiro atoms. The van der Waals surface area contributed by atoms with E-state index in [1.165, 1.54) is 0 Å². The first-order valence-electron chi connectivity index (χ1n) is 6.87. The van der Waals surface area contributed by atoms with E-state index in [1.807, 2.05) is 0 Å². The van der Waals surface area contributed by atoms with Crippen LogP contribution in [0.25, 0.3) is 0 Å². The molecule has 134 valence electrons. The molecule has 0 radical (unpaired) electrons. The average molecular weight is 379 g/mol. The molecule has 0 N–H and O–H groups in total. The van der Waals surface area contributed by atoms with E-state index < -0.39 is 41.3 Å². The van der Waals surface area contributed by atoms with Gasteiger partial charge in [-0.25, -0.2) is 22.0 Å². The van der Waals surface area contributed by atoms with Crippen molar-refractivity contribution in [3.63, 3.8) is 0 Å². The lowest BCUT2D eigenvalue weighted by Gasteiger charge is -2.15. The molecule has 0 aromatic heterocycles. The van der Waals surface area contributed by atoms with Crippen LogP contribution in [-0.2, 0) is 11.4 Å². The van der Waals surface area contributed by atoms with E-state index >= 15 is 0 Å². The Morgan fingerprint density at radius 3 is 1.88 bits per heavy atom. The molecule has 0 saturated heterocycles. The summed E-state index contributed by atoms with van der Waals surface area (Å²) in [5, 5.41) is 4.20. The summed E-state index contributed by atoms with van der Waals surface area (Å²) in [4.78, 5) is 6.36. The maximum absolute atomic E-state index is 13.6. The molecule has 0 aliphatic heterocycles. The van der Waals surface area contributed by atoms with Crippen molar-refractivity contribution in [1.29, 1.82) is 0 Å². The maximum Gasteiger partial charge on any atom is 0.200 e. The molecule has 0 atom stereocenters. The number of hydrogen-bond donors (Lipinski definition) is 0. The minimum absolute atomic E-state index is 0.264. The van der Waals surface area contributed by atoms with Crippen molar-refractivity contribution >= 4 is 17.4 Å². The third kappa shape index (κ3) is 4.01. The number of oxime groups is 1. The first-order valence-corrected chi connectivity index (χ1v) is 7.25. The van der Waals surface area contributed by atoms with Crippen molar-refractivity contribution in [3.05, 3.63) is 69.5 Å². The van der Waals surface area contributed by atoms with Crippen LogP contribution in [0.2, 0.25) is 5.02 Å². The van der Waals surface area contributed by atoms with Gasteiger partial charge < -0.3 is 9.74 Å². The molecule has 2 aromatic rings. The number of benzene rings is 2. The molecule has 3 nitrogen and oxygen atoms in total. The lowest BCUT2D eigenvalue weighted by atomic mass is 10.2. The Labute approximate surface area is 145 Å². The summed E-state index contributed by atoms with van der Waals surface area (Å²) < 4.78 is 66.4. The largest absolute Gasteiger partial charge is 0.389 e. The topological polar surface area (TPSA) is 24.8 Å². The monoisotopic (exact) mass is 378 g/mol. The second-order valence-corrected chi connectivity index (χ2v) is 5.57. The van der Waals surface area contributed by atoms with Gasteiger partial charge in [0.05, 0.1) is 5.56 Å². The first-order chi connectivity index (χ1) is 11.7. The van der Waals surface area contributed by atoms with E-state index in [4.69, 9.17) is 16.4 Å². The molecule has 0 saturated carbocycles. The summed E-state index contributed by atoms with van der Waals surface area (Å²) in [6, 6.07) is 6.45. The number of rotatable bonds is 4. The van der Waals surface area contributed by atoms with Crippen LogP contribution in [0.1, 0.15) is 11.1 Å². The fraction of sp³-hybridized carbons (Fsp3) is 0.188. The van der Waals surface area contributed by atoms with Gasteiger partial charge in [0.25, 0.3) is 0 Å². The molecule has 25 heavy (non-hydrogen) atoms. The van der Waals surface area contributed by atoms with Gasteiger partial charge in [-0.05, 0) is 24.3 Å². The molecule has 0 unspecified atom stereocenters. The molecule has 0 heterocycles. The number of nitrogens with zero attached hydrogens (tertiary/aromatic N) is 2. The van der Waals surface area contributed by atoms with Crippen LogP contribution >= 0.6 is 11.6 Å². The SMILES string of the molecule is CN(C)/C(=N\OCc1c(F)c(F)c(F)c(F)c1F)c1ccc(Cl)cc1.